The Morgan fingerprint density at radius 3 is 2.16 bits per heavy atom. The van der Waals surface area contributed by atoms with Gasteiger partial charge in [-0.05, 0) is 45.1 Å². The van der Waals surface area contributed by atoms with Gasteiger partial charge in [0.1, 0.15) is 6.17 Å². The fraction of sp³-hybridized carbons (Fsp3) is 0.600. The van der Waals surface area contributed by atoms with Crippen molar-refractivity contribution in [2.24, 2.45) is 0 Å². The minimum atomic E-state index is -0.705. The molecule has 1 aromatic rings. The highest BCUT2D eigenvalue weighted by Crippen LogP contribution is 2.44. The van der Waals surface area contributed by atoms with Crippen molar-refractivity contribution in [1.29, 1.82) is 0 Å². The van der Waals surface area contributed by atoms with Crippen LogP contribution in [0.5, 0.6) is 0 Å². The van der Waals surface area contributed by atoms with Gasteiger partial charge in [0.2, 0.25) is 0 Å². The molecular formula is C15H20BFO2. The first-order valence-corrected chi connectivity index (χ1v) is 6.90. The smallest absolute Gasteiger partial charge is 0.399 e. The van der Waals surface area contributed by atoms with Gasteiger partial charge in [-0.1, -0.05) is 24.3 Å². The van der Waals surface area contributed by atoms with Crippen molar-refractivity contribution in [1.82, 2.24) is 0 Å². The molecule has 0 bridgehead atoms. The van der Waals surface area contributed by atoms with Crippen LogP contribution < -0.4 is 5.46 Å². The lowest BCUT2D eigenvalue weighted by molar-refractivity contribution is 0.00578. The van der Waals surface area contributed by atoms with Crippen LogP contribution in [0.25, 0.3) is 0 Å². The maximum atomic E-state index is 13.4. The number of benzene rings is 1. The van der Waals surface area contributed by atoms with E-state index in [9.17, 15) is 4.39 Å². The summed E-state index contributed by atoms with van der Waals surface area (Å²) >= 11 is 0. The third-order valence-corrected chi connectivity index (χ3v) is 4.62. The van der Waals surface area contributed by atoms with E-state index in [0.717, 1.165) is 11.0 Å². The minimum absolute atomic E-state index is 0.0234. The number of rotatable bonds is 2. The van der Waals surface area contributed by atoms with Crippen LogP contribution in [0, 0.1) is 0 Å². The Hall–Kier alpha value is -0.865. The fourth-order valence-corrected chi connectivity index (χ4v) is 2.52. The van der Waals surface area contributed by atoms with Crippen molar-refractivity contribution in [2.45, 2.75) is 57.4 Å². The lowest BCUT2D eigenvalue weighted by atomic mass is 9.75. The molecule has 19 heavy (non-hydrogen) atoms. The van der Waals surface area contributed by atoms with Crippen LogP contribution in [0.15, 0.2) is 24.3 Å². The van der Waals surface area contributed by atoms with E-state index in [0.29, 0.717) is 6.42 Å². The van der Waals surface area contributed by atoms with Crippen molar-refractivity contribution in [2.75, 3.05) is 0 Å². The molecule has 1 aromatic carbocycles. The van der Waals surface area contributed by atoms with Gasteiger partial charge in [-0.15, -0.1) is 0 Å². The monoisotopic (exact) mass is 262 g/mol. The van der Waals surface area contributed by atoms with E-state index in [1.165, 1.54) is 0 Å². The average Bonchev–Trinajstić information content (AvgIpc) is 2.99. The van der Waals surface area contributed by atoms with Crippen LogP contribution in [0.4, 0.5) is 4.39 Å². The van der Waals surface area contributed by atoms with Gasteiger partial charge < -0.3 is 9.31 Å². The van der Waals surface area contributed by atoms with E-state index in [-0.39, 0.29) is 17.1 Å². The molecule has 1 saturated heterocycles. The Balaban J connectivity index is 1.92. The number of alkyl halides is 1. The molecule has 102 valence electrons. The molecule has 2 nitrogen and oxygen atoms in total. The summed E-state index contributed by atoms with van der Waals surface area (Å²) in [7, 11) is -0.394. The zero-order chi connectivity index (χ0) is 13.8. The molecule has 2 fully saturated rings. The van der Waals surface area contributed by atoms with Gasteiger partial charge in [0, 0.05) is 5.92 Å². The molecule has 1 unspecified atom stereocenters. The molecule has 1 heterocycles. The van der Waals surface area contributed by atoms with Gasteiger partial charge in [-0.2, -0.15) is 0 Å². The summed E-state index contributed by atoms with van der Waals surface area (Å²) in [5.41, 5.74) is 1.30. The molecular weight excluding hydrogens is 242 g/mol. The SMILES string of the molecule is CC1(C)OB(c2ccccc2[C@@H]2CC2F)OC1(C)C. The molecule has 0 spiro atoms. The van der Waals surface area contributed by atoms with Gasteiger partial charge >= 0.3 is 7.12 Å². The summed E-state index contributed by atoms with van der Waals surface area (Å²) in [6.45, 7) is 8.13. The van der Waals surface area contributed by atoms with E-state index < -0.39 is 13.3 Å². The second-order valence-corrected chi connectivity index (χ2v) is 6.58. The maximum Gasteiger partial charge on any atom is 0.495 e. The topological polar surface area (TPSA) is 18.5 Å². The number of hydrogen-bond donors (Lipinski definition) is 0. The molecule has 1 saturated carbocycles. The van der Waals surface area contributed by atoms with Gasteiger partial charge in [0.05, 0.1) is 11.2 Å². The zero-order valence-corrected chi connectivity index (χ0v) is 11.9. The average molecular weight is 262 g/mol. The molecule has 2 aliphatic rings. The van der Waals surface area contributed by atoms with Gasteiger partial charge in [-0.3, -0.25) is 0 Å². The summed E-state index contributed by atoms with van der Waals surface area (Å²) in [4.78, 5) is 0. The summed E-state index contributed by atoms with van der Waals surface area (Å²) in [6.07, 6.45) is -0.0835. The van der Waals surface area contributed by atoms with Crippen LogP contribution in [0.1, 0.15) is 45.6 Å². The quantitative estimate of drug-likeness (QED) is 0.763. The lowest BCUT2D eigenvalue weighted by Gasteiger charge is -2.32. The highest BCUT2D eigenvalue weighted by atomic mass is 19.1. The van der Waals surface area contributed by atoms with Gasteiger partial charge in [0.15, 0.2) is 0 Å². The molecule has 0 radical (unpaired) electrons. The van der Waals surface area contributed by atoms with Gasteiger partial charge in [-0.25, -0.2) is 4.39 Å². The first-order valence-electron chi connectivity index (χ1n) is 6.90. The minimum Gasteiger partial charge on any atom is -0.399 e. The summed E-state index contributed by atoms with van der Waals surface area (Å²) in [5.74, 6) is 0.0234. The van der Waals surface area contributed by atoms with Crippen molar-refractivity contribution in [3.8, 4) is 0 Å². The molecule has 2 atom stereocenters. The van der Waals surface area contributed by atoms with Crippen molar-refractivity contribution >= 4 is 12.6 Å². The van der Waals surface area contributed by atoms with E-state index in [1.807, 2.05) is 52.0 Å². The van der Waals surface area contributed by atoms with Crippen LogP contribution in [-0.4, -0.2) is 24.5 Å². The summed E-state index contributed by atoms with van der Waals surface area (Å²) in [5, 5.41) is 0. The number of hydrogen-bond acceptors (Lipinski definition) is 2. The normalized spacial score (nSPS) is 31.5. The van der Waals surface area contributed by atoms with E-state index in [2.05, 4.69) is 0 Å². The Labute approximate surface area is 114 Å². The van der Waals surface area contributed by atoms with Gasteiger partial charge in [0.25, 0.3) is 0 Å². The Bertz CT molecular complexity index is 485. The first kappa shape index (κ1) is 13.1. The second-order valence-electron chi connectivity index (χ2n) is 6.58. The molecule has 3 rings (SSSR count). The zero-order valence-electron chi connectivity index (χ0n) is 11.9. The van der Waals surface area contributed by atoms with Crippen LogP contribution >= 0.6 is 0 Å². The molecule has 0 N–H and O–H groups in total. The predicted octanol–water partition coefficient (Wildman–Crippen LogP) is 2.81. The molecule has 0 amide bonds. The summed E-state index contributed by atoms with van der Waals surface area (Å²) < 4.78 is 25.5. The van der Waals surface area contributed by atoms with E-state index in [1.54, 1.807) is 0 Å². The van der Waals surface area contributed by atoms with Crippen LogP contribution in [0.3, 0.4) is 0 Å². The third kappa shape index (κ3) is 2.11. The molecule has 1 aliphatic carbocycles. The van der Waals surface area contributed by atoms with E-state index in [4.69, 9.17) is 9.31 Å². The highest BCUT2D eigenvalue weighted by Gasteiger charge is 2.53. The lowest BCUT2D eigenvalue weighted by Crippen LogP contribution is -2.41. The molecule has 0 aromatic heterocycles. The van der Waals surface area contributed by atoms with Crippen LogP contribution in [-0.2, 0) is 9.31 Å². The van der Waals surface area contributed by atoms with E-state index >= 15 is 0 Å². The Morgan fingerprint density at radius 1 is 1.11 bits per heavy atom. The van der Waals surface area contributed by atoms with Crippen molar-refractivity contribution in [3.05, 3.63) is 29.8 Å². The Kier molecular flexibility index (Phi) is 2.81. The predicted molar refractivity (Wildman–Crippen MR) is 74.4 cm³/mol. The third-order valence-electron chi connectivity index (χ3n) is 4.62. The largest absolute Gasteiger partial charge is 0.495 e. The highest BCUT2D eigenvalue weighted by molar-refractivity contribution is 6.62. The first-order chi connectivity index (χ1) is 8.82. The van der Waals surface area contributed by atoms with Crippen molar-refractivity contribution in [3.63, 3.8) is 0 Å². The Morgan fingerprint density at radius 2 is 1.63 bits per heavy atom. The van der Waals surface area contributed by atoms with Crippen LogP contribution in [0.2, 0.25) is 0 Å². The maximum absolute atomic E-state index is 13.4. The fourth-order valence-electron chi connectivity index (χ4n) is 2.52. The molecule has 1 aliphatic heterocycles. The number of halogens is 1. The standard InChI is InChI=1S/C15H20BFO2/c1-14(2)15(3,4)19-16(18-14)12-8-6-5-7-10(12)11-9-13(11)17/h5-8,11,13H,9H2,1-4H3/t11-,13?/m0/s1. The summed E-state index contributed by atoms with van der Waals surface area (Å²) in [6, 6.07) is 7.89. The molecule has 4 heteroatoms. The van der Waals surface area contributed by atoms with Crippen molar-refractivity contribution < 1.29 is 13.7 Å². The second kappa shape index (κ2) is 4.06.